The maximum absolute atomic E-state index is 10.8. The SMILES string of the molecule is C=CC(=O)OCCCC(C)CCCCCCCC. The van der Waals surface area contributed by atoms with Crippen LogP contribution in [-0.4, -0.2) is 12.6 Å². The third kappa shape index (κ3) is 11.7. The van der Waals surface area contributed by atoms with Gasteiger partial charge < -0.3 is 4.74 Å². The minimum Gasteiger partial charge on any atom is -0.463 e. The average Bonchev–Trinajstić information content (AvgIpc) is 2.38. The Balaban J connectivity index is 3.24. The highest BCUT2D eigenvalue weighted by Gasteiger charge is 2.03. The van der Waals surface area contributed by atoms with Gasteiger partial charge in [0.1, 0.15) is 0 Å². The van der Waals surface area contributed by atoms with Gasteiger partial charge in [-0.05, 0) is 18.8 Å². The molecular formula is C16H30O2. The normalized spacial score (nSPS) is 12.1. The van der Waals surface area contributed by atoms with Gasteiger partial charge >= 0.3 is 5.97 Å². The van der Waals surface area contributed by atoms with Crippen LogP contribution in [0.25, 0.3) is 0 Å². The number of ether oxygens (including phenoxy) is 1. The Morgan fingerprint density at radius 1 is 1.11 bits per heavy atom. The second-order valence-corrected chi connectivity index (χ2v) is 5.18. The summed E-state index contributed by atoms with van der Waals surface area (Å²) >= 11 is 0. The Morgan fingerprint density at radius 2 is 1.72 bits per heavy atom. The topological polar surface area (TPSA) is 26.3 Å². The van der Waals surface area contributed by atoms with Crippen LogP contribution in [0.3, 0.4) is 0 Å². The van der Waals surface area contributed by atoms with Crippen molar-refractivity contribution < 1.29 is 9.53 Å². The van der Waals surface area contributed by atoms with E-state index in [1.54, 1.807) is 0 Å². The van der Waals surface area contributed by atoms with Gasteiger partial charge in [-0.15, -0.1) is 0 Å². The summed E-state index contributed by atoms with van der Waals surface area (Å²) in [5.74, 6) is 0.442. The van der Waals surface area contributed by atoms with E-state index in [4.69, 9.17) is 4.74 Å². The molecule has 0 aliphatic rings. The number of rotatable bonds is 12. The van der Waals surface area contributed by atoms with Crippen LogP contribution in [0.15, 0.2) is 12.7 Å². The van der Waals surface area contributed by atoms with Crippen molar-refractivity contribution in [1.29, 1.82) is 0 Å². The molecule has 0 aliphatic carbocycles. The van der Waals surface area contributed by atoms with Crippen molar-refractivity contribution in [2.45, 2.75) is 71.6 Å². The molecule has 1 unspecified atom stereocenters. The van der Waals surface area contributed by atoms with E-state index in [2.05, 4.69) is 20.4 Å². The zero-order chi connectivity index (χ0) is 13.6. The van der Waals surface area contributed by atoms with Gasteiger partial charge in [-0.3, -0.25) is 0 Å². The molecule has 0 rings (SSSR count). The molecular weight excluding hydrogens is 224 g/mol. The van der Waals surface area contributed by atoms with Crippen molar-refractivity contribution in [2.24, 2.45) is 5.92 Å². The van der Waals surface area contributed by atoms with Crippen LogP contribution in [0.2, 0.25) is 0 Å². The quantitative estimate of drug-likeness (QED) is 0.282. The van der Waals surface area contributed by atoms with Crippen LogP contribution >= 0.6 is 0 Å². The smallest absolute Gasteiger partial charge is 0.330 e. The number of hydrogen-bond donors (Lipinski definition) is 0. The van der Waals surface area contributed by atoms with Crippen LogP contribution in [0.5, 0.6) is 0 Å². The fourth-order valence-corrected chi connectivity index (χ4v) is 2.08. The molecule has 0 saturated carbocycles. The molecule has 0 aromatic heterocycles. The van der Waals surface area contributed by atoms with Crippen molar-refractivity contribution in [1.82, 2.24) is 0 Å². The van der Waals surface area contributed by atoms with Crippen molar-refractivity contribution in [2.75, 3.05) is 6.61 Å². The largest absolute Gasteiger partial charge is 0.463 e. The summed E-state index contributed by atoms with van der Waals surface area (Å²) in [5, 5.41) is 0. The van der Waals surface area contributed by atoms with Crippen molar-refractivity contribution >= 4 is 5.97 Å². The first-order valence-electron chi connectivity index (χ1n) is 7.49. The summed E-state index contributed by atoms with van der Waals surface area (Å²) in [6, 6.07) is 0. The van der Waals surface area contributed by atoms with Gasteiger partial charge in [-0.1, -0.05) is 65.4 Å². The Morgan fingerprint density at radius 3 is 2.39 bits per heavy atom. The minimum absolute atomic E-state index is 0.307. The van der Waals surface area contributed by atoms with Crippen LogP contribution in [0.1, 0.15) is 71.6 Å². The summed E-state index contributed by atoms with van der Waals surface area (Å²) in [4.78, 5) is 10.8. The Hall–Kier alpha value is -0.790. The zero-order valence-corrected chi connectivity index (χ0v) is 12.2. The Labute approximate surface area is 113 Å². The molecule has 0 heterocycles. The van der Waals surface area contributed by atoms with Gasteiger partial charge in [0.25, 0.3) is 0 Å². The molecule has 0 aromatic rings. The van der Waals surface area contributed by atoms with Gasteiger partial charge in [0.05, 0.1) is 6.61 Å². The molecule has 2 heteroatoms. The van der Waals surface area contributed by atoms with E-state index < -0.39 is 0 Å². The first kappa shape index (κ1) is 17.2. The Bertz CT molecular complexity index is 211. The fraction of sp³-hybridized carbons (Fsp3) is 0.812. The maximum atomic E-state index is 10.8. The highest BCUT2D eigenvalue weighted by atomic mass is 16.5. The number of carbonyl (C=O) groups excluding carboxylic acids is 1. The van der Waals surface area contributed by atoms with Crippen molar-refractivity contribution in [3.8, 4) is 0 Å². The van der Waals surface area contributed by atoms with E-state index in [0.717, 1.165) is 18.8 Å². The lowest BCUT2D eigenvalue weighted by atomic mass is 9.98. The molecule has 0 bridgehead atoms. The molecule has 0 amide bonds. The molecule has 0 aliphatic heterocycles. The van der Waals surface area contributed by atoms with Gasteiger partial charge in [0, 0.05) is 6.08 Å². The fourth-order valence-electron chi connectivity index (χ4n) is 2.08. The van der Waals surface area contributed by atoms with E-state index in [1.165, 1.54) is 51.0 Å². The highest BCUT2D eigenvalue weighted by Crippen LogP contribution is 2.16. The standard InChI is InChI=1S/C16H30O2/c1-4-6-7-8-9-10-12-15(3)13-11-14-18-16(17)5-2/h5,15H,2,4,6-14H2,1,3H3. The third-order valence-electron chi connectivity index (χ3n) is 3.30. The van der Waals surface area contributed by atoms with Crippen LogP contribution in [-0.2, 0) is 9.53 Å². The zero-order valence-electron chi connectivity index (χ0n) is 12.2. The van der Waals surface area contributed by atoms with Gasteiger partial charge in [-0.25, -0.2) is 4.79 Å². The summed E-state index contributed by atoms with van der Waals surface area (Å²) in [7, 11) is 0. The van der Waals surface area contributed by atoms with E-state index in [0.29, 0.717) is 6.61 Å². The third-order valence-corrected chi connectivity index (χ3v) is 3.30. The Kier molecular flexibility index (Phi) is 12.1. The number of hydrogen-bond acceptors (Lipinski definition) is 2. The predicted octanol–water partition coefficient (Wildman–Crippen LogP) is 4.88. The molecule has 0 N–H and O–H groups in total. The predicted molar refractivity (Wildman–Crippen MR) is 77.5 cm³/mol. The van der Waals surface area contributed by atoms with E-state index >= 15 is 0 Å². The molecule has 106 valence electrons. The molecule has 2 nitrogen and oxygen atoms in total. The monoisotopic (exact) mass is 254 g/mol. The lowest BCUT2D eigenvalue weighted by Crippen LogP contribution is -2.04. The van der Waals surface area contributed by atoms with E-state index in [9.17, 15) is 4.79 Å². The van der Waals surface area contributed by atoms with E-state index in [1.807, 2.05) is 0 Å². The summed E-state index contributed by atoms with van der Waals surface area (Å²) in [5.41, 5.74) is 0. The number of unbranched alkanes of at least 4 members (excludes halogenated alkanes) is 5. The van der Waals surface area contributed by atoms with Gasteiger partial charge in [-0.2, -0.15) is 0 Å². The summed E-state index contributed by atoms with van der Waals surface area (Å²) in [6.45, 7) is 8.45. The molecule has 0 fully saturated rings. The van der Waals surface area contributed by atoms with Crippen LogP contribution in [0.4, 0.5) is 0 Å². The van der Waals surface area contributed by atoms with Crippen molar-refractivity contribution in [3.63, 3.8) is 0 Å². The molecule has 0 aromatic carbocycles. The second kappa shape index (κ2) is 12.7. The lowest BCUT2D eigenvalue weighted by molar-refractivity contribution is -0.137. The highest BCUT2D eigenvalue weighted by molar-refractivity contribution is 5.81. The molecule has 0 saturated heterocycles. The van der Waals surface area contributed by atoms with Gasteiger partial charge in [0.2, 0.25) is 0 Å². The molecule has 0 spiro atoms. The van der Waals surface area contributed by atoms with E-state index in [-0.39, 0.29) is 5.97 Å². The first-order chi connectivity index (χ1) is 8.70. The van der Waals surface area contributed by atoms with Crippen LogP contribution < -0.4 is 0 Å². The molecule has 0 radical (unpaired) electrons. The lowest BCUT2D eigenvalue weighted by Gasteiger charge is -2.10. The minimum atomic E-state index is -0.307. The average molecular weight is 254 g/mol. The van der Waals surface area contributed by atoms with Crippen molar-refractivity contribution in [3.05, 3.63) is 12.7 Å². The summed E-state index contributed by atoms with van der Waals surface area (Å²) < 4.78 is 4.95. The first-order valence-corrected chi connectivity index (χ1v) is 7.49. The number of carbonyl (C=O) groups is 1. The maximum Gasteiger partial charge on any atom is 0.330 e. The number of esters is 1. The van der Waals surface area contributed by atoms with Crippen LogP contribution in [0, 0.1) is 5.92 Å². The molecule has 18 heavy (non-hydrogen) atoms. The summed E-state index contributed by atoms with van der Waals surface area (Å²) in [6.07, 6.45) is 12.8. The van der Waals surface area contributed by atoms with Gasteiger partial charge in [0.15, 0.2) is 0 Å². The second-order valence-electron chi connectivity index (χ2n) is 5.18. The molecule has 1 atom stereocenters.